The molecule has 0 saturated carbocycles. The van der Waals surface area contributed by atoms with Crippen LogP contribution in [0.25, 0.3) is 0 Å². The lowest BCUT2D eigenvalue weighted by atomic mass is 9.83. The Labute approximate surface area is 471 Å². The van der Waals surface area contributed by atoms with Gasteiger partial charge in [-0.15, -0.1) is 6.58 Å². The number of carbonyl (C=O) groups is 1. The largest absolute Gasteiger partial charge is 0.460 e. The van der Waals surface area contributed by atoms with Crippen LogP contribution in [0.15, 0.2) is 37.0 Å². The lowest BCUT2D eigenvalue weighted by molar-refractivity contribution is -0.346. The van der Waals surface area contributed by atoms with Gasteiger partial charge in [0.2, 0.25) is 5.79 Å². The minimum atomic E-state index is -1.06. The van der Waals surface area contributed by atoms with Crippen molar-refractivity contribution in [1.82, 2.24) is 0 Å². The van der Waals surface area contributed by atoms with Gasteiger partial charge in [-0.3, -0.25) is 4.79 Å². The molecule has 14 aliphatic rings. The van der Waals surface area contributed by atoms with E-state index in [1.165, 1.54) is 5.57 Å². The van der Waals surface area contributed by atoms with Gasteiger partial charge in [-0.05, 0) is 94.1 Å². The average molecular weight is 1130 g/mol. The third kappa shape index (κ3) is 11.2. The van der Waals surface area contributed by atoms with Gasteiger partial charge in [-0.1, -0.05) is 33.1 Å². The highest BCUT2D eigenvalue weighted by atomic mass is 16.8. The van der Waals surface area contributed by atoms with Crippen molar-refractivity contribution in [2.75, 3.05) is 19.8 Å². The Bertz CT molecular complexity index is 2240. The normalized spacial score (nSPS) is 51.4. The SMILES string of the molecule is C=CCO[C@]12C[C@]3(CC[C@H]4CC(=C)C(CCC5C[C@@H](C)C(=C)[C@@H](C)O5)O4)O[C@@H]4[C@H](O1)[C@@H](O[C@H]1CC[C@H](CC(=O)O[C@H]5CO[C@H]6C[C@H]7OC(C[C@@H]8O[C@@]9(CC[C@@H]8O)C[C@H](C)[C@@H]8O[C@H](CC[C@@H](O)CO)C[C@@H]8O9)CC7OC6C5)O[C@H]41)[C@H]2O3. The van der Waals surface area contributed by atoms with Crippen LogP contribution in [0.3, 0.4) is 0 Å². The molecular weight excluding hydrogens is 1040 g/mol. The van der Waals surface area contributed by atoms with Crippen molar-refractivity contribution in [1.29, 1.82) is 0 Å². The summed E-state index contributed by atoms with van der Waals surface area (Å²) < 4.78 is 99.8. The number of carbonyl (C=O) groups excluding carboxylic acids is 1. The first-order chi connectivity index (χ1) is 38.5. The molecule has 0 aromatic heterocycles. The molecule has 19 nitrogen and oxygen atoms in total. The fourth-order valence-electron chi connectivity index (χ4n) is 16.6. The Hall–Kier alpha value is -1.99. The van der Waals surface area contributed by atoms with Gasteiger partial charge in [0.25, 0.3) is 0 Å². The van der Waals surface area contributed by atoms with Crippen molar-refractivity contribution in [2.45, 2.75) is 307 Å². The average Bonchev–Trinajstić information content (AvgIpc) is 2.92. The van der Waals surface area contributed by atoms with Gasteiger partial charge in [0.1, 0.15) is 36.6 Å². The second-order valence-electron chi connectivity index (χ2n) is 26.5. The van der Waals surface area contributed by atoms with E-state index in [2.05, 4.69) is 40.5 Å². The Morgan fingerprint density at radius 2 is 1.54 bits per heavy atom. The molecule has 0 aliphatic carbocycles. The Morgan fingerprint density at radius 1 is 0.738 bits per heavy atom. The molecule has 5 unspecified atom stereocenters. The maximum atomic E-state index is 13.8. The molecule has 14 fully saturated rings. The molecule has 0 aromatic rings. The standard InChI is InChI=1S/C61H90O19/c1-7-18-67-61-30-60(16-14-40-20-32(3)44(69-40)12-10-37-19-31(2)34(5)35(6)68-37)78-55-54-45(75-57(56(55)79-61)58(61)80-60)13-11-39(73-54)25-52(65)71-42-24-48-47(66-29-42)26-50-49(74-48)23-41(70-50)22-46-43(64)15-17-59(76-46)27-33(4)53-51(77-59)21-38(72-53)9-8-36(63)28-62/h7,31,33,35-51,53-58,62-64H,1,3,5,8-30H2,2,4,6H3/t31-,33+,35-,36-,37?,38-,39-,40+,41?,42-,43+,44?,45+,46+,47+,48?,49?,50-,51+,53+,54+,55+,56+,57-,58-,59-,60-,61-/m1/s1. The van der Waals surface area contributed by atoms with E-state index in [0.29, 0.717) is 102 Å². The van der Waals surface area contributed by atoms with E-state index in [1.54, 1.807) is 6.08 Å². The van der Waals surface area contributed by atoms with E-state index in [9.17, 15) is 20.1 Å². The minimum Gasteiger partial charge on any atom is -0.460 e. The van der Waals surface area contributed by atoms with Crippen molar-refractivity contribution in [3.63, 3.8) is 0 Å². The van der Waals surface area contributed by atoms with Crippen LogP contribution in [-0.2, 0) is 75.8 Å². The fraction of sp³-hybridized carbons (Fsp3) is 0.885. The number of fused-ring (bicyclic) bond motifs is 4. The first-order valence-electron chi connectivity index (χ1n) is 30.9. The summed E-state index contributed by atoms with van der Waals surface area (Å²) in [5, 5.41) is 30.5. The number of rotatable bonds is 18. The van der Waals surface area contributed by atoms with Crippen LogP contribution >= 0.6 is 0 Å². The van der Waals surface area contributed by atoms with Crippen LogP contribution in [0.1, 0.15) is 149 Å². The topological polar surface area (TPSA) is 216 Å². The summed E-state index contributed by atoms with van der Waals surface area (Å²) >= 11 is 0. The number of hydrogen-bond acceptors (Lipinski definition) is 19. The van der Waals surface area contributed by atoms with E-state index in [0.717, 1.165) is 31.3 Å². The molecule has 14 rings (SSSR count). The molecule has 14 saturated heterocycles. The zero-order valence-electron chi connectivity index (χ0n) is 47.3. The predicted molar refractivity (Wildman–Crippen MR) is 283 cm³/mol. The highest BCUT2D eigenvalue weighted by Crippen LogP contribution is 2.59. The van der Waals surface area contributed by atoms with Crippen LogP contribution in [-0.4, -0.2) is 199 Å². The summed E-state index contributed by atoms with van der Waals surface area (Å²) in [5.74, 6) is -2.61. The smallest absolute Gasteiger partial charge is 0.308 e. The highest BCUT2D eigenvalue weighted by Gasteiger charge is 2.75. The van der Waals surface area contributed by atoms with Crippen molar-refractivity contribution in [3.8, 4) is 0 Å². The number of hydrogen-bond donors (Lipinski definition) is 3. The van der Waals surface area contributed by atoms with Gasteiger partial charge in [0.15, 0.2) is 11.6 Å². The van der Waals surface area contributed by atoms with Gasteiger partial charge in [0.05, 0.1) is 136 Å². The molecule has 0 amide bonds. The van der Waals surface area contributed by atoms with Gasteiger partial charge >= 0.3 is 5.97 Å². The second kappa shape index (κ2) is 23.0. The minimum absolute atomic E-state index is 0.0246. The number of esters is 1. The van der Waals surface area contributed by atoms with Crippen molar-refractivity contribution < 1.29 is 91.2 Å². The van der Waals surface area contributed by atoms with E-state index in [-0.39, 0.29) is 117 Å². The van der Waals surface area contributed by atoms with Gasteiger partial charge in [-0.2, -0.15) is 0 Å². The van der Waals surface area contributed by atoms with E-state index in [1.807, 2.05) is 0 Å². The molecule has 6 bridgehead atoms. The third-order valence-corrected chi connectivity index (χ3v) is 20.7. The summed E-state index contributed by atoms with van der Waals surface area (Å²) in [5.41, 5.74) is 2.29. The lowest BCUT2D eigenvalue weighted by Crippen LogP contribution is -2.62. The molecule has 448 valence electrons. The van der Waals surface area contributed by atoms with Crippen molar-refractivity contribution in [3.05, 3.63) is 37.0 Å². The van der Waals surface area contributed by atoms with Crippen LogP contribution in [0.5, 0.6) is 0 Å². The molecular formula is C61H90O19. The first-order valence-corrected chi connectivity index (χ1v) is 30.9. The van der Waals surface area contributed by atoms with Crippen molar-refractivity contribution >= 4 is 5.97 Å². The summed E-state index contributed by atoms with van der Waals surface area (Å²) in [7, 11) is 0. The first kappa shape index (κ1) is 57.1. The van der Waals surface area contributed by atoms with Crippen LogP contribution < -0.4 is 0 Å². The number of aliphatic hydroxyl groups excluding tert-OH is 3. The molecule has 0 aromatic carbocycles. The van der Waals surface area contributed by atoms with Crippen LogP contribution in [0.2, 0.25) is 0 Å². The summed E-state index contributed by atoms with van der Waals surface area (Å²) in [4.78, 5) is 13.8. The van der Waals surface area contributed by atoms with E-state index in [4.69, 9.17) is 71.1 Å². The zero-order chi connectivity index (χ0) is 55.2. The molecule has 0 radical (unpaired) electrons. The molecule has 3 N–H and O–H groups in total. The van der Waals surface area contributed by atoms with Gasteiger partial charge in [0, 0.05) is 51.4 Å². The molecule has 14 heterocycles. The zero-order valence-corrected chi connectivity index (χ0v) is 47.3. The van der Waals surface area contributed by atoms with E-state index < -0.39 is 78.4 Å². The Balaban J connectivity index is 0.584. The van der Waals surface area contributed by atoms with Crippen molar-refractivity contribution in [2.24, 2.45) is 11.8 Å². The molecule has 14 aliphatic heterocycles. The summed E-state index contributed by atoms with van der Waals surface area (Å²) in [6.07, 6.45) is 7.91. The van der Waals surface area contributed by atoms with Crippen LogP contribution in [0.4, 0.5) is 0 Å². The Morgan fingerprint density at radius 3 is 2.38 bits per heavy atom. The maximum Gasteiger partial charge on any atom is 0.308 e. The quantitative estimate of drug-likeness (QED) is 0.108. The van der Waals surface area contributed by atoms with Gasteiger partial charge < -0.3 is 86.4 Å². The van der Waals surface area contributed by atoms with E-state index >= 15 is 0 Å². The second-order valence-corrected chi connectivity index (χ2v) is 26.5. The number of ether oxygens (including phenoxy) is 15. The van der Waals surface area contributed by atoms with Crippen LogP contribution in [0, 0.1) is 11.8 Å². The van der Waals surface area contributed by atoms with Gasteiger partial charge in [-0.25, -0.2) is 0 Å². The fourth-order valence-corrected chi connectivity index (χ4v) is 16.6. The number of aliphatic hydroxyl groups is 3. The maximum absolute atomic E-state index is 13.8. The highest BCUT2D eigenvalue weighted by molar-refractivity contribution is 5.70. The molecule has 19 heteroatoms. The monoisotopic (exact) mass is 1130 g/mol. The lowest BCUT2D eigenvalue weighted by Gasteiger charge is -2.50. The summed E-state index contributed by atoms with van der Waals surface area (Å²) in [6, 6.07) is 0. The third-order valence-electron chi connectivity index (χ3n) is 20.7. The summed E-state index contributed by atoms with van der Waals surface area (Å²) in [6.45, 7) is 19.4. The Kier molecular flexibility index (Phi) is 16.4. The molecule has 1 spiro atoms. The predicted octanol–water partition coefficient (Wildman–Crippen LogP) is 5.87. The molecule has 80 heavy (non-hydrogen) atoms. The molecule has 28 atom stereocenters.